The molecule has 0 saturated carbocycles. The maximum absolute atomic E-state index is 13.9. The molecule has 1 aliphatic rings. The first kappa shape index (κ1) is 25.5. The van der Waals surface area contributed by atoms with E-state index in [4.69, 9.17) is 16.2 Å². The van der Waals surface area contributed by atoms with Crippen LogP contribution in [-0.4, -0.2) is 53.8 Å². The summed E-state index contributed by atoms with van der Waals surface area (Å²) in [6, 6.07) is 16.4. The molecule has 36 heavy (non-hydrogen) atoms. The van der Waals surface area contributed by atoms with E-state index in [2.05, 4.69) is 15.4 Å². The lowest BCUT2D eigenvalue weighted by Crippen LogP contribution is -2.57. The quantitative estimate of drug-likeness (QED) is 0.225. The van der Waals surface area contributed by atoms with Crippen LogP contribution in [0.1, 0.15) is 5.56 Å². The number of hydrogen-bond acceptors (Lipinski definition) is 10. The second-order valence-electron chi connectivity index (χ2n) is 8.53. The number of thiazole rings is 1. The standard InChI is InChI=1S/C24H21N5O2S5/c1-29(2)16-8-7-13-21(29)24(36(30,31)32,35-23-26-18-10-4-6-12-20(18)34-23)17-9-3-5-11-19(17)33-22-14-15-25-28-27-22/h3-16,21H,1-2H3. The number of fused-ring (bicyclic) bond motifs is 1. The van der Waals surface area contributed by atoms with Gasteiger partial charge in [0.05, 0.1) is 36.7 Å². The van der Waals surface area contributed by atoms with Gasteiger partial charge in [0, 0.05) is 10.5 Å². The Bertz CT molecular complexity index is 1540. The van der Waals surface area contributed by atoms with E-state index in [9.17, 15) is 8.76 Å². The highest BCUT2D eigenvalue weighted by Crippen LogP contribution is 2.55. The zero-order valence-corrected chi connectivity index (χ0v) is 23.3. The van der Waals surface area contributed by atoms with E-state index in [0.717, 1.165) is 15.1 Å². The molecule has 3 atom stereocenters. The molecule has 0 bridgehead atoms. The van der Waals surface area contributed by atoms with Crippen LogP contribution in [-0.2, 0) is 24.0 Å². The molecule has 0 amide bonds. The van der Waals surface area contributed by atoms with Crippen molar-refractivity contribution in [2.45, 2.75) is 24.4 Å². The second kappa shape index (κ2) is 9.93. The van der Waals surface area contributed by atoms with Crippen LogP contribution in [0, 0.1) is 0 Å². The van der Waals surface area contributed by atoms with E-state index < -0.39 is 18.9 Å². The Labute approximate surface area is 226 Å². The van der Waals surface area contributed by atoms with Gasteiger partial charge in [0.2, 0.25) is 0 Å². The molecule has 2 aromatic heterocycles. The first-order chi connectivity index (χ1) is 17.2. The largest absolute Gasteiger partial charge is 0.768 e. The van der Waals surface area contributed by atoms with Crippen LogP contribution in [0.3, 0.4) is 0 Å². The number of allylic oxidation sites excluding steroid dienone is 2. The lowest BCUT2D eigenvalue weighted by molar-refractivity contribution is -0.860. The fraction of sp³-hybridized carbons (Fsp3) is 0.167. The molecular weight excluding hydrogens is 551 g/mol. The summed E-state index contributed by atoms with van der Waals surface area (Å²) in [6.45, 7) is 0. The predicted octanol–water partition coefficient (Wildman–Crippen LogP) is 4.98. The normalized spacial score (nSPS) is 20.1. The molecule has 3 unspecified atom stereocenters. The Kier molecular flexibility index (Phi) is 7.03. The van der Waals surface area contributed by atoms with Crippen LogP contribution in [0.15, 0.2) is 99.5 Å². The molecular formula is C24H21N5O2S5. The fourth-order valence-corrected chi connectivity index (χ4v) is 10.7. The lowest BCUT2D eigenvalue weighted by Gasteiger charge is -2.49. The first-order valence-corrected chi connectivity index (χ1v) is 15.7. The molecule has 12 heteroatoms. The summed E-state index contributed by atoms with van der Waals surface area (Å²) in [5, 5.41) is 12.2. The highest BCUT2D eigenvalue weighted by Gasteiger charge is 2.54. The van der Waals surface area contributed by atoms with Gasteiger partial charge in [0.25, 0.3) is 0 Å². The van der Waals surface area contributed by atoms with Crippen LogP contribution in [0.25, 0.3) is 10.2 Å². The summed E-state index contributed by atoms with van der Waals surface area (Å²) >= 11 is 9.41. The average molecular weight is 572 g/mol. The maximum atomic E-state index is 13.9. The van der Waals surface area contributed by atoms with Gasteiger partial charge >= 0.3 is 0 Å². The third-order valence-corrected chi connectivity index (χ3v) is 12.4. The van der Waals surface area contributed by atoms with Gasteiger partial charge in [-0.3, -0.25) is 8.69 Å². The topological polar surface area (TPSA) is 91.7 Å². The van der Waals surface area contributed by atoms with Gasteiger partial charge in [-0.15, -0.1) is 21.5 Å². The summed E-state index contributed by atoms with van der Waals surface area (Å²) in [7, 11) is -0.200. The molecule has 0 saturated heterocycles. The van der Waals surface area contributed by atoms with Crippen LogP contribution in [0.4, 0.5) is 0 Å². The zero-order valence-electron chi connectivity index (χ0n) is 19.3. The smallest absolute Gasteiger partial charge is 0.169 e. The van der Waals surface area contributed by atoms with Crippen molar-refractivity contribution in [3.8, 4) is 0 Å². The third kappa shape index (κ3) is 4.74. The Morgan fingerprint density at radius 2 is 1.89 bits per heavy atom. The highest BCUT2D eigenvalue weighted by molar-refractivity contribution is 8.35. The highest BCUT2D eigenvalue weighted by atomic mass is 32.8. The van der Waals surface area contributed by atoms with Gasteiger partial charge in [-0.1, -0.05) is 59.9 Å². The van der Waals surface area contributed by atoms with Gasteiger partial charge in [-0.2, -0.15) is 0 Å². The number of likely N-dealkylation sites (N-methyl/N-ethyl adjacent to an activating group) is 1. The van der Waals surface area contributed by atoms with Crippen LogP contribution in [0.2, 0.25) is 0 Å². The predicted molar refractivity (Wildman–Crippen MR) is 148 cm³/mol. The second-order valence-corrected chi connectivity index (χ2v) is 15.2. The van der Waals surface area contributed by atoms with Gasteiger partial charge < -0.3 is 4.55 Å². The number of hydrogen-bond donors (Lipinski definition) is 0. The number of benzene rings is 2. The molecule has 184 valence electrons. The summed E-state index contributed by atoms with van der Waals surface area (Å²) in [6.07, 6.45) is 9.26. The van der Waals surface area contributed by atoms with Crippen molar-refractivity contribution in [2.24, 2.45) is 0 Å². The van der Waals surface area contributed by atoms with Crippen molar-refractivity contribution < 1.29 is 13.2 Å². The number of rotatable bonds is 7. The number of aromatic nitrogens is 4. The molecule has 4 aromatic rings. The van der Waals surface area contributed by atoms with E-state index in [1.165, 1.54) is 34.9 Å². The Morgan fingerprint density at radius 1 is 1.11 bits per heavy atom. The summed E-state index contributed by atoms with van der Waals surface area (Å²) in [4.78, 5) is 5.50. The van der Waals surface area contributed by atoms with E-state index in [0.29, 0.717) is 19.4 Å². The summed E-state index contributed by atoms with van der Waals surface area (Å²) < 4.78 is 28.2. The average Bonchev–Trinajstić information content (AvgIpc) is 3.25. The molecule has 2 aromatic carbocycles. The van der Waals surface area contributed by atoms with Gasteiger partial charge in [0.15, 0.2) is 8.42 Å². The molecule has 7 nitrogen and oxygen atoms in total. The molecule has 0 fully saturated rings. The monoisotopic (exact) mass is 571 g/mol. The Balaban J connectivity index is 1.77. The van der Waals surface area contributed by atoms with Crippen LogP contribution in [0.5, 0.6) is 0 Å². The Morgan fingerprint density at radius 3 is 2.61 bits per heavy atom. The van der Waals surface area contributed by atoms with E-state index in [-0.39, 0.29) is 0 Å². The minimum atomic E-state index is -4.15. The molecule has 0 aliphatic carbocycles. The van der Waals surface area contributed by atoms with E-state index >= 15 is 0 Å². The van der Waals surface area contributed by atoms with Crippen molar-refractivity contribution in [2.75, 3.05) is 14.1 Å². The molecule has 3 heterocycles. The third-order valence-electron chi connectivity index (χ3n) is 5.82. The number of nitrogens with zero attached hydrogens (tertiary/aromatic N) is 5. The van der Waals surface area contributed by atoms with Gasteiger partial charge in [-0.25, -0.2) is 4.98 Å². The summed E-state index contributed by atoms with van der Waals surface area (Å²) in [5.74, 6) is 0. The lowest BCUT2D eigenvalue weighted by atomic mass is 9.99. The molecule has 5 rings (SSSR count). The van der Waals surface area contributed by atoms with Crippen molar-refractivity contribution in [3.05, 3.63) is 90.8 Å². The molecule has 0 radical (unpaired) electrons. The van der Waals surface area contributed by atoms with Crippen molar-refractivity contribution in [1.29, 1.82) is 0 Å². The Hall–Kier alpha value is -2.19. The maximum Gasteiger partial charge on any atom is 0.169 e. The molecule has 0 N–H and O–H groups in total. The van der Waals surface area contributed by atoms with Gasteiger partial charge in [0.1, 0.15) is 11.1 Å². The van der Waals surface area contributed by atoms with Crippen molar-refractivity contribution in [1.82, 2.24) is 20.4 Å². The molecule has 0 spiro atoms. The van der Waals surface area contributed by atoms with Crippen LogP contribution < -0.4 is 0 Å². The SMILES string of the molecule is C[N+]1(C)C=CC=CC1C(Sc1nc2ccccc2s1)(c1ccccc1Sc1ccnnn1)S(=O)([O-])=S. The number of thioether (sulfide) groups is 1. The first-order valence-electron chi connectivity index (χ1n) is 10.8. The number of quaternary nitrogens is 1. The van der Waals surface area contributed by atoms with Gasteiger partial charge in [-0.05, 0) is 61.6 Å². The number of para-hydroxylation sites is 1. The van der Waals surface area contributed by atoms with E-state index in [1.807, 2.05) is 87.1 Å². The van der Waals surface area contributed by atoms with Crippen molar-refractivity contribution >= 4 is 65.0 Å². The minimum absolute atomic E-state index is 0.290. The van der Waals surface area contributed by atoms with Crippen molar-refractivity contribution in [3.63, 3.8) is 0 Å². The van der Waals surface area contributed by atoms with Crippen LogP contribution >= 0.6 is 34.9 Å². The summed E-state index contributed by atoms with van der Waals surface area (Å²) in [5.41, 5.74) is 1.41. The van der Waals surface area contributed by atoms with E-state index in [1.54, 1.807) is 12.3 Å². The minimum Gasteiger partial charge on any atom is -0.768 e. The molecule has 1 aliphatic heterocycles. The zero-order chi connectivity index (χ0) is 25.4. The fourth-order valence-electron chi connectivity index (χ4n) is 4.19.